The van der Waals surface area contributed by atoms with E-state index in [-0.39, 0.29) is 6.42 Å². The zero-order valence-electron chi connectivity index (χ0n) is 6.58. The van der Waals surface area contributed by atoms with Gasteiger partial charge in [-0.2, -0.15) is 0 Å². The van der Waals surface area contributed by atoms with Crippen molar-refractivity contribution in [2.75, 3.05) is 0 Å². The molecule has 0 aliphatic rings. The molecule has 0 saturated heterocycles. The lowest BCUT2D eigenvalue weighted by Crippen LogP contribution is -2.35. The second-order valence-electron chi connectivity index (χ2n) is 2.59. The van der Waals surface area contributed by atoms with Gasteiger partial charge in [0.15, 0.2) is 6.17 Å². The quantitative estimate of drug-likeness (QED) is 0.571. The fourth-order valence-electron chi connectivity index (χ4n) is 0.807. The van der Waals surface area contributed by atoms with Crippen LogP contribution < -0.4 is 0 Å². The van der Waals surface area contributed by atoms with Crippen LogP contribution in [-0.2, 0) is 0 Å². The number of halogens is 4. The van der Waals surface area contributed by atoms with Crippen LogP contribution in [0.15, 0.2) is 0 Å². The first kappa shape index (κ1) is 10.7. The Morgan fingerprint density at radius 2 is 1.73 bits per heavy atom. The summed E-state index contributed by atoms with van der Waals surface area (Å²) in [5.74, 6) is -3.51. The van der Waals surface area contributed by atoms with Crippen LogP contribution in [-0.4, -0.2) is 18.3 Å². The molecule has 11 heavy (non-hydrogen) atoms. The van der Waals surface area contributed by atoms with Crippen molar-refractivity contribution in [2.24, 2.45) is 0 Å². The first-order valence-corrected chi connectivity index (χ1v) is 3.57. The predicted octanol–water partition coefficient (Wildman–Crippen LogP) is 3.12. The molecule has 2 atom stereocenters. The van der Waals surface area contributed by atoms with E-state index in [9.17, 15) is 17.6 Å². The number of hydrogen-bond acceptors (Lipinski definition) is 0. The summed E-state index contributed by atoms with van der Waals surface area (Å²) >= 11 is 0. The number of hydrogen-bond donors (Lipinski definition) is 0. The zero-order valence-corrected chi connectivity index (χ0v) is 6.58. The van der Waals surface area contributed by atoms with E-state index in [1.165, 1.54) is 6.92 Å². The fourth-order valence-corrected chi connectivity index (χ4v) is 0.807. The maximum atomic E-state index is 12.5. The second kappa shape index (κ2) is 3.93. The summed E-state index contributed by atoms with van der Waals surface area (Å²) in [5.41, 5.74) is 0. The molecule has 0 aliphatic heterocycles. The predicted molar refractivity (Wildman–Crippen MR) is 35.3 cm³/mol. The van der Waals surface area contributed by atoms with Crippen molar-refractivity contribution >= 4 is 0 Å². The smallest absolute Gasteiger partial charge is 0.244 e. The van der Waals surface area contributed by atoms with Crippen LogP contribution in [0, 0.1) is 0 Å². The summed E-state index contributed by atoms with van der Waals surface area (Å²) in [6.45, 7) is 2.30. The van der Waals surface area contributed by atoms with Crippen molar-refractivity contribution in [2.45, 2.75) is 45.0 Å². The van der Waals surface area contributed by atoms with E-state index in [0.29, 0.717) is 0 Å². The molecule has 68 valence electrons. The van der Waals surface area contributed by atoms with Crippen LogP contribution in [0.4, 0.5) is 17.6 Å². The molecule has 0 amide bonds. The molecule has 0 nitrogen and oxygen atoms in total. The van der Waals surface area contributed by atoms with E-state index in [2.05, 4.69) is 0 Å². The van der Waals surface area contributed by atoms with Gasteiger partial charge >= 0.3 is 0 Å². The molecule has 0 saturated carbocycles. The highest BCUT2D eigenvalue weighted by Crippen LogP contribution is 2.29. The Hall–Kier alpha value is -0.280. The van der Waals surface area contributed by atoms with Crippen molar-refractivity contribution < 1.29 is 17.6 Å². The first-order valence-electron chi connectivity index (χ1n) is 3.57. The summed E-state index contributed by atoms with van der Waals surface area (Å²) in [5, 5.41) is 0. The molecule has 0 fully saturated rings. The third kappa shape index (κ3) is 3.08. The third-order valence-electron chi connectivity index (χ3n) is 1.39. The van der Waals surface area contributed by atoms with Gasteiger partial charge in [-0.15, -0.1) is 0 Å². The minimum Gasteiger partial charge on any atom is -0.244 e. The molecule has 0 aromatic rings. The molecule has 0 bridgehead atoms. The van der Waals surface area contributed by atoms with Gasteiger partial charge < -0.3 is 0 Å². The molecule has 0 rings (SSSR count). The maximum absolute atomic E-state index is 12.5. The van der Waals surface area contributed by atoms with E-state index in [0.717, 1.165) is 6.92 Å². The lowest BCUT2D eigenvalue weighted by molar-refractivity contribution is -0.101. The van der Waals surface area contributed by atoms with E-state index in [1.54, 1.807) is 0 Å². The molecule has 4 heteroatoms. The molecule has 0 heterocycles. The average molecular weight is 172 g/mol. The monoisotopic (exact) mass is 172 g/mol. The Morgan fingerprint density at radius 1 is 1.27 bits per heavy atom. The summed E-state index contributed by atoms with van der Waals surface area (Å²) in [4.78, 5) is 0. The van der Waals surface area contributed by atoms with Gasteiger partial charge in [-0.25, -0.2) is 17.6 Å². The largest absolute Gasteiger partial charge is 0.281 e. The Balaban J connectivity index is 4.05. The van der Waals surface area contributed by atoms with Crippen molar-refractivity contribution in [3.05, 3.63) is 0 Å². The van der Waals surface area contributed by atoms with Gasteiger partial charge in [-0.05, 0) is 6.92 Å². The second-order valence-corrected chi connectivity index (χ2v) is 2.59. The van der Waals surface area contributed by atoms with Crippen molar-refractivity contribution in [1.82, 2.24) is 0 Å². The minimum atomic E-state index is -3.51. The highest BCUT2D eigenvalue weighted by molar-refractivity contribution is 4.80. The van der Waals surface area contributed by atoms with Crippen molar-refractivity contribution in [3.63, 3.8) is 0 Å². The molecule has 1 unspecified atom stereocenters. The molecule has 0 radical (unpaired) electrons. The maximum Gasteiger partial charge on any atom is 0.281 e. The number of rotatable bonds is 4. The molecule has 0 spiro atoms. The molecular weight excluding hydrogens is 160 g/mol. The van der Waals surface area contributed by atoms with Gasteiger partial charge in [0.05, 0.1) is 0 Å². The van der Waals surface area contributed by atoms with E-state index in [4.69, 9.17) is 0 Å². The summed E-state index contributed by atoms with van der Waals surface area (Å²) < 4.78 is 49.3. The summed E-state index contributed by atoms with van der Waals surface area (Å²) in [7, 11) is 0. The van der Waals surface area contributed by atoms with E-state index in [1.807, 2.05) is 0 Å². The molecule has 0 aliphatic carbocycles. The standard InChI is InChI=1S/C7H12F4/c1-3-4-7(10,11)6(9)5(2)8/h5-6H,3-4H2,1-2H3/t5?,6-/m0/s1. The highest BCUT2D eigenvalue weighted by atomic mass is 19.3. The molecule has 0 N–H and O–H groups in total. The minimum absolute atomic E-state index is 0.153. The highest BCUT2D eigenvalue weighted by Gasteiger charge is 2.42. The van der Waals surface area contributed by atoms with Crippen LogP contribution in [0.5, 0.6) is 0 Å². The topological polar surface area (TPSA) is 0 Å². The Labute approximate surface area is 63.6 Å². The van der Waals surface area contributed by atoms with Gasteiger partial charge in [0.2, 0.25) is 0 Å². The Morgan fingerprint density at radius 3 is 2.00 bits per heavy atom. The first-order chi connectivity index (χ1) is 4.91. The van der Waals surface area contributed by atoms with Crippen LogP contribution in [0.2, 0.25) is 0 Å². The Bertz CT molecular complexity index is 111. The van der Waals surface area contributed by atoms with Crippen molar-refractivity contribution in [3.8, 4) is 0 Å². The van der Waals surface area contributed by atoms with Crippen LogP contribution >= 0.6 is 0 Å². The molecule has 0 aromatic heterocycles. The van der Waals surface area contributed by atoms with Gasteiger partial charge in [-0.3, -0.25) is 0 Å². The number of alkyl halides is 4. The molecular formula is C7H12F4. The zero-order chi connectivity index (χ0) is 9.07. The van der Waals surface area contributed by atoms with Crippen LogP contribution in [0.25, 0.3) is 0 Å². The normalized spacial score (nSPS) is 18.0. The van der Waals surface area contributed by atoms with Gasteiger partial charge in [0.1, 0.15) is 6.17 Å². The van der Waals surface area contributed by atoms with Gasteiger partial charge in [0.25, 0.3) is 5.92 Å². The van der Waals surface area contributed by atoms with E-state index >= 15 is 0 Å². The summed E-state index contributed by atoms with van der Waals surface area (Å²) in [6.07, 6.45) is -5.21. The van der Waals surface area contributed by atoms with Crippen LogP contribution in [0.1, 0.15) is 26.7 Å². The lowest BCUT2D eigenvalue weighted by Gasteiger charge is -2.20. The van der Waals surface area contributed by atoms with Gasteiger partial charge in [-0.1, -0.05) is 13.3 Å². The fraction of sp³-hybridized carbons (Fsp3) is 1.00. The lowest BCUT2D eigenvalue weighted by atomic mass is 10.1. The third-order valence-corrected chi connectivity index (χ3v) is 1.39. The van der Waals surface area contributed by atoms with Crippen molar-refractivity contribution in [1.29, 1.82) is 0 Å². The molecule has 0 aromatic carbocycles. The van der Waals surface area contributed by atoms with E-state index < -0.39 is 24.7 Å². The SMILES string of the molecule is CCCC(F)(F)[C@@H](F)C(C)F. The average Bonchev–Trinajstić information content (AvgIpc) is 1.86. The Kier molecular flexibility index (Phi) is 3.83. The van der Waals surface area contributed by atoms with Crippen LogP contribution in [0.3, 0.4) is 0 Å². The van der Waals surface area contributed by atoms with Gasteiger partial charge in [0, 0.05) is 6.42 Å². The summed E-state index contributed by atoms with van der Waals surface area (Å²) in [6, 6.07) is 0.